The molecule has 0 N–H and O–H groups in total. The number of hydrogen-bond acceptors (Lipinski definition) is 5. The van der Waals surface area contributed by atoms with E-state index in [2.05, 4.69) is 19.9 Å². The van der Waals surface area contributed by atoms with Crippen LogP contribution in [0, 0.1) is 5.82 Å². The van der Waals surface area contributed by atoms with Crippen LogP contribution in [0.15, 0.2) is 18.5 Å². The standard InChI is InChI=1S/C13H11ClFN5O/c1-3-21-13-18-10(14)9-12(19-13)20(2)11(17-9)7-4-8(15)6-16-5-7/h4-6H,3H2,1-2H3. The third kappa shape index (κ3) is 2.40. The van der Waals surface area contributed by atoms with Crippen molar-refractivity contribution in [1.82, 2.24) is 24.5 Å². The first-order valence-electron chi connectivity index (χ1n) is 6.24. The molecule has 108 valence electrons. The van der Waals surface area contributed by atoms with Crippen LogP contribution < -0.4 is 4.74 Å². The number of imidazole rings is 1. The predicted molar refractivity (Wildman–Crippen MR) is 75.7 cm³/mol. The maximum Gasteiger partial charge on any atom is 0.319 e. The molecule has 8 heteroatoms. The van der Waals surface area contributed by atoms with Crippen molar-refractivity contribution in [3.05, 3.63) is 29.4 Å². The predicted octanol–water partition coefficient (Wildman–Crippen LogP) is 2.62. The van der Waals surface area contributed by atoms with Crippen molar-refractivity contribution in [2.45, 2.75) is 6.92 Å². The van der Waals surface area contributed by atoms with Gasteiger partial charge in [0.15, 0.2) is 10.8 Å². The lowest BCUT2D eigenvalue weighted by Crippen LogP contribution is -2.00. The van der Waals surface area contributed by atoms with Gasteiger partial charge in [0.1, 0.15) is 17.2 Å². The Morgan fingerprint density at radius 2 is 2.10 bits per heavy atom. The van der Waals surface area contributed by atoms with E-state index in [1.54, 1.807) is 11.6 Å². The van der Waals surface area contributed by atoms with Crippen LogP contribution in [-0.2, 0) is 7.05 Å². The molecule has 0 aliphatic carbocycles. The summed E-state index contributed by atoms with van der Waals surface area (Å²) in [6.45, 7) is 2.26. The highest BCUT2D eigenvalue weighted by Crippen LogP contribution is 2.27. The van der Waals surface area contributed by atoms with Gasteiger partial charge in [0, 0.05) is 18.8 Å². The molecule has 3 heterocycles. The third-order valence-electron chi connectivity index (χ3n) is 2.89. The van der Waals surface area contributed by atoms with Crippen LogP contribution >= 0.6 is 11.6 Å². The highest BCUT2D eigenvalue weighted by Gasteiger charge is 2.17. The minimum Gasteiger partial charge on any atom is -0.464 e. The van der Waals surface area contributed by atoms with Crippen LogP contribution in [0.5, 0.6) is 6.01 Å². The van der Waals surface area contributed by atoms with Gasteiger partial charge in [0.2, 0.25) is 0 Å². The summed E-state index contributed by atoms with van der Waals surface area (Å²) in [5, 5.41) is 0.190. The largest absolute Gasteiger partial charge is 0.464 e. The minimum absolute atomic E-state index is 0.182. The molecule has 3 rings (SSSR count). The van der Waals surface area contributed by atoms with Gasteiger partial charge in [-0.25, -0.2) is 9.37 Å². The highest BCUT2D eigenvalue weighted by molar-refractivity contribution is 6.33. The first-order valence-corrected chi connectivity index (χ1v) is 6.61. The number of nitrogens with zero attached hydrogens (tertiary/aromatic N) is 5. The van der Waals surface area contributed by atoms with Gasteiger partial charge in [-0.05, 0) is 13.0 Å². The smallest absolute Gasteiger partial charge is 0.319 e. The fourth-order valence-corrected chi connectivity index (χ4v) is 2.19. The molecule has 0 unspecified atom stereocenters. The number of rotatable bonds is 3. The number of aromatic nitrogens is 5. The second-order valence-corrected chi connectivity index (χ2v) is 4.65. The summed E-state index contributed by atoms with van der Waals surface area (Å²) in [7, 11) is 1.76. The number of hydrogen-bond donors (Lipinski definition) is 0. The maximum atomic E-state index is 13.3. The van der Waals surface area contributed by atoms with Crippen LogP contribution in [0.2, 0.25) is 5.15 Å². The molecule has 0 atom stereocenters. The summed E-state index contributed by atoms with van der Waals surface area (Å²) in [6, 6.07) is 1.53. The van der Waals surface area contributed by atoms with Crippen molar-refractivity contribution < 1.29 is 9.13 Å². The molecule has 3 aromatic heterocycles. The molecule has 0 aliphatic rings. The molecule has 0 spiro atoms. The fourth-order valence-electron chi connectivity index (χ4n) is 1.99. The second-order valence-electron chi connectivity index (χ2n) is 4.29. The van der Waals surface area contributed by atoms with Gasteiger partial charge in [-0.3, -0.25) is 4.98 Å². The van der Waals surface area contributed by atoms with Gasteiger partial charge in [0.25, 0.3) is 0 Å². The van der Waals surface area contributed by atoms with Crippen molar-refractivity contribution in [2.75, 3.05) is 6.61 Å². The van der Waals surface area contributed by atoms with Gasteiger partial charge >= 0.3 is 6.01 Å². The molecule has 0 aromatic carbocycles. The SMILES string of the molecule is CCOc1nc(Cl)c2nc(-c3cncc(F)c3)n(C)c2n1. The zero-order valence-electron chi connectivity index (χ0n) is 11.3. The normalized spacial score (nSPS) is 11.0. The summed E-state index contributed by atoms with van der Waals surface area (Å²) in [6.07, 6.45) is 2.65. The van der Waals surface area contributed by atoms with Crippen molar-refractivity contribution in [3.63, 3.8) is 0 Å². The Hall–Kier alpha value is -2.28. The first-order chi connectivity index (χ1) is 10.1. The number of fused-ring (bicyclic) bond motifs is 1. The number of halogens is 2. The third-order valence-corrected chi connectivity index (χ3v) is 3.16. The van der Waals surface area contributed by atoms with Gasteiger partial charge < -0.3 is 9.30 Å². The lowest BCUT2D eigenvalue weighted by Gasteiger charge is -2.03. The molecule has 21 heavy (non-hydrogen) atoms. The number of aryl methyl sites for hydroxylation is 1. The average molecular weight is 308 g/mol. The molecule has 6 nitrogen and oxygen atoms in total. The van der Waals surface area contributed by atoms with E-state index in [0.717, 1.165) is 6.20 Å². The molecule has 0 saturated carbocycles. The van der Waals surface area contributed by atoms with Crippen LogP contribution in [0.4, 0.5) is 4.39 Å². The first kappa shape index (κ1) is 13.7. The molecule has 0 fully saturated rings. The molecule has 0 radical (unpaired) electrons. The zero-order chi connectivity index (χ0) is 15.0. The van der Waals surface area contributed by atoms with Crippen molar-refractivity contribution in [1.29, 1.82) is 0 Å². The van der Waals surface area contributed by atoms with E-state index in [1.165, 1.54) is 12.3 Å². The van der Waals surface area contributed by atoms with Gasteiger partial charge in [-0.1, -0.05) is 11.6 Å². The second kappa shape index (κ2) is 5.25. The summed E-state index contributed by atoms with van der Waals surface area (Å²) >= 11 is 6.11. The minimum atomic E-state index is -0.438. The summed E-state index contributed by atoms with van der Waals surface area (Å²) < 4.78 is 20.3. The van der Waals surface area contributed by atoms with E-state index in [0.29, 0.717) is 29.2 Å². The summed E-state index contributed by atoms with van der Waals surface area (Å²) in [5.74, 6) is 0.0635. The molecular weight excluding hydrogens is 297 g/mol. The fraction of sp³-hybridized carbons (Fsp3) is 0.231. The van der Waals surface area contributed by atoms with E-state index < -0.39 is 5.82 Å². The van der Waals surface area contributed by atoms with E-state index in [1.807, 2.05) is 6.92 Å². The Kier molecular flexibility index (Phi) is 3.42. The van der Waals surface area contributed by atoms with Crippen LogP contribution in [0.1, 0.15) is 6.92 Å². The Balaban J connectivity index is 2.22. The van der Waals surface area contributed by atoms with Crippen molar-refractivity contribution in [2.24, 2.45) is 7.05 Å². The van der Waals surface area contributed by atoms with Gasteiger partial charge in [0.05, 0.1) is 12.8 Å². The summed E-state index contributed by atoms with van der Waals surface area (Å²) in [4.78, 5) is 16.5. The molecular formula is C13H11ClFN5O. The van der Waals surface area contributed by atoms with E-state index in [9.17, 15) is 4.39 Å². The quantitative estimate of drug-likeness (QED) is 0.696. The molecule has 0 amide bonds. The maximum absolute atomic E-state index is 13.3. The van der Waals surface area contributed by atoms with E-state index in [4.69, 9.17) is 16.3 Å². The molecule has 0 aliphatic heterocycles. The number of ether oxygens (including phenoxy) is 1. The van der Waals surface area contributed by atoms with Crippen LogP contribution in [-0.4, -0.2) is 31.1 Å². The molecule has 3 aromatic rings. The summed E-state index contributed by atoms with van der Waals surface area (Å²) in [5.41, 5.74) is 1.48. The lowest BCUT2D eigenvalue weighted by atomic mass is 10.2. The van der Waals surface area contributed by atoms with Gasteiger partial charge in [-0.15, -0.1) is 0 Å². The molecule has 0 saturated heterocycles. The van der Waals surface area contributed by atoms with Crippen LogP contribution in [0.25, 0.3) is 22.6 Å². The zero-order valence-corrected chi connectivity index (χ0v) is 12.1. The van der Waals surface area contributed by atoms with E-state index in [-0.39, 0.29) is 11.2 Å². The Morgan fingerprint density at radius 1 is 1.29 bits per heavy atom. The Morgan fingerprint density at radius 3 is 2.81 bits per heavy atom. The molecule has 0 bridgehead atoms. The van der Waals surface area contributed by atoms with Gasteiger partial charge in [-0.2, -0.15) is 9.97 Å². The number of pyridine rings is 1. The Labute approximate surface area is 124 Å². The lowest BCUT2D eigenvalue weighted by molar-refractivity contribution is 0.313. The topological polar surface area (TPSA) is 65.7 Å². The Bertz CT molecular complexity index is 820. The average Bonchev–Trinajstić information content (AvgIpc) is 2.78. The monoisotopic (exact) mass is 307 g/mol. The van der Waals surface area contributed by atoms with Crippen molar-refractivity contribution >= 4 is 22.8 Å². The van der Waals surface area contributed by atoms with E-state index >= 15 is 0 Å². The highest BCUT2D eigenvalue weighted by atomic mass is 35.5. The van der Waals surface area contributed by atoms with Crippen molar-refractivity contribution in [3.8, 4) is 17.4 Å². The van der Waals surface area contributed by atoms with Crippen LogP contribution in [0.3, 0.4) is 0 Å².